The van der Waals surface area contributed by atoms with E-state index in [2.05, 4.69) is 5.32 Å². The normalized spacial score (nSPS) is 11.9. The number of benzene rings is 2. The number of rotatable bonds is 3. The van der Waals surface area contributed by atoms with Crippen molar-refractivity contribution in [1.82, 2.24) is 5.32 Å². The fourth-order valence-electron chi connectivity index (χ4n) is 1.83. The summed E-state index contributed by atoms with van der Waals surface area (Å²) >= 11 is 5.85. The molecule has 0 bridgehead atoms. The first-order valence-corrected chi connectivity index (χ1v) is 6.46. The molecule has 2 aromatic carbocycles. The molecular weight excluding hydrogens is 279 g/mol. The van der Waals surface area contributed by atoms with Gasteiger partial charge in [-0.3, -0.25) is 4.79 Å². The fraction of sp³-hybridized carbons (Fsp3) is 0.133. The molecule has 0 fully saturated rings. The molecule has 0 saturated carbocycles. The molecule has 0 aliphatic rings. The zero-order valence-electron chi connectivity index (χ0n) is 10.9. The first-order chi connectivity index (χ1) is 9.47. The molecule has 0 aromatic heterocycles. The topological polar surface area (TPSA) is 55.1 Å². The Labute approximate surface area is 121 Å². The summed E-state index contributed by atoms with van der Waals surface area (Å²) in [5, 5.41) is 3.24. The number of nitrogen functional groups attached to an aromatic ring is 1. The predicted octanol–water partition coefficient (Wildman–Crippen LogP) is 3.55. The maximum Gasteiger partial charge on any atom is 0.253 e. The molecule has 0 heterocycles. The number of hydrogen-bond acceptors (Lipinski definition) is 2. The van der Waals surface area contributed by atoms with E-state index in [9.17, 15) is 9.18 Å². The van der Waals surface area contributed by atoms with Crippen molar-refractivity contribution in [1.29, 1.82) is 0 Å². The van der Waals surface area contributed by atoms with E-state index in [0.29, 0.717) is 16.3 Å². The van der Waals surface area contributed by atoms with Crippen LogP contribution < -0.4 is 11.1 Å². The van der Waals surface area contributed by atoms with Crippen LogP contribution in [0.1, 0.15) is 28.9 Å². The Morgan fingerprint density at radius 2 is 1.90 bits per heavy atom. The number of hydrogen-bond donors (Lipinski definition) is 2. The number of anilines is 1. The second-order valence-electron chi connectivity index (χ2n) is 4.48. The maximum atomic E-state index is 12.9. The Kier molecular flexibility index (Phi) is 4.25. The van der Waals surface area contributed by atoms with Crippen LogP contribution in [0.4, 0.5) is 10.1 Å². The molecule has 0 saturated heterocycles. The lowest BCUT2D eigenvalue weighted by atomic mass is 10.1. The van der Waals surface area contributed by atoms with E-state index in [1.165, 1.54) is 18.2 Å². The van der Waals surface area contributed by atoms with Gasteiger partial charge < -0.3 is 11.1 Å². The highest BCUT2D eigenvalue weighted by molar-refractivity contribution is 6.31. The second-order valence-corrected chi connectivity index (χ2v) is 4.91. The van der Waals surface area contributed by atoms with Gasteiger partial charge >= 0.3 is 0 Å². The lowest BCUT2D eigenvalue weighted by molar-refractivity contribution is 0.0941. The van der Waals surface area contributed by atoms with Gasteiger partial charge in [-0.1, -0.05) is 23.7 Å². The van der Waals surface area contributed by atoms with Crippen LogP contribution in [0.5, 0.6) is 0 Å². The quantitative estimate of drug-likeness (QED) is 0.850. The maximum absolute atomic E-state index is 12.9. The van der Waals surface area contributed by atoms with Gasteiger partial charge in [0, 0.05) is 10.7 Å². The molecule has 1 unspecified atom stereocenters. The van der Waals surface area contributed by atoms with Crippen molar-refractivity contribution in [3.8, 4) is 0 Å². The van der Waals surface area contributed by atoms with E-state index < -0.39 is 0 Å². The van der Waals surface area contributed by atoms with Crippen molar-refractivity contribution in [2.75, 3.05) is 5.73 Å². The minimum absolute atomic E-state index is 0.263. The Balaban J connectivity index is 2.15. The molecule has 0 aliphatic carbocycles. The van der Waals surface area contributed by atoms with Gasteiger partial charge in [0.15, 0.2) is 0 Å². The van der Waals surface area contributed by atoms with Gasteiger partial charge in [0.25, 0.3) is 5.91 Å². The van der Waals surface area contributed by atoms with Crippen LogP contribution in [-0.2, 0) is 0 Å². The second kappa shape index (κ2) is 5.92. The van der Waals surface area contributed by atoms with Crippen molar-refractivity contribution in [3.63, 3.8) is 0 Å². The average Bonchev–Trinajstić information content (AvgIpc) is 2.42. The van der Waals surface area contributed by atoms with E-state index in [0.717, 1.165) is 5.56 Å². The number of halogens is 2. The molecule has 20 heavy (non-hydrogen) atoms. The van der Waals surface area contributed by atoms with Gasteiger partial charge in [0.05, 0.1) is 11.6 Å². The van der Waals surface area contributed by atoms with Crippen molar-refractivity contribution in [3.05, 3.63) is 64.4 Å². The van der Waals surface area contributed by atoms with E-state index >= 15 is 0 Å². The van der Waals surface area contributed by atoms with Crippen LogP contribution in [0, 0.1) is 5.82 Å². The average molecular weight is 293 g/mol. The number of carbonyl (C=O) groups excluding carboxylic acids is 1. The van der Waals surface area contributed by atoms with E-state index in [1.54, 1.807) is 24.3 Å². The van der Waals surface area contributed by atoms with Crippen molar-refractivity contribution >= 4 is 23.2 Å². The number of amides is 1. The minimum Gasteiger partial charge on any atom is -0.398 e. The first kappa shape index (κ1) is 14.3. The number of nitrogens with one attached hydrogen (secondary N) is 1. The van der Waals surface area contributed by atoms with Gasteiger partial charge in [0.2, 0.25) is 0 Å². The predicted molar refractivity (Wildman–Crippen MR) is 78.1 cm³/mol. The summed E-state index contributed by atoms with van der Waals surface area (Å²) in [6, 6.07) is 10.4. The fourth-order valence-corrected chi connectivity index (χ4v) is 2.01. The van der Waals surface area contributed by atoms with E-state index in [4.69, 9.17) is 17.3 Å². The summed E-state index contributed by atoms with van der Waals surface area (Å²) in [6.07, 6.45) is 0. The summed E-state index contributed by atoms with van der Waals surface area (Å²) in [5.41, 5.74) is 7.25. The van der Waals surface area contributed by atoms with Crippen LogP contribution >= 0.6 is 11.6 Å². The summed E-state index contributed by atoms with van der Waals surface area (Å²) < 4.78 is 12.9. The number of carbonyl (C=O) groups is 1. The van der Waals surface area contributed by atoms with Crippen LogP contribution in [0.15, 0.2) is 42.5 Å². The lowest BCUT2D eigenvalue weighted by Crippen LogP contribution is -2.27. The van der Waals surface area contributed by atoms with Gasteiger partial charge in [0.1, 0.15) is 5.82 Å². The Morgan fingerprint density at radius 3 is 2.55 bits per heavy atom. The van der Waals surface area contributed by atoms with Crippen molar-refractivity contribution < 1.29 is 9.18 Å². The molecule has 0 spiro atoms. The van der Waals surface area contributed by atoms with Gasteiger partial charge in [-0.2, -0.15) is 0 Å². The zero-order valence-corrected chi connectivity index (χ0v) is 11.6. The molecule has 5 heteroatoms. The Morgan fingerprint density at radius 1 is 1.25 bits per heavy atom. The highest BCUT2D eigenvalue weighted by Gasteiger charge is 2.14. The van der Waals surface area contributed by atoms with Crippen LogP contribution in [-0.4, -0.2) is 5.91 Å². The molecule has 0 radical (unpaired) electrons. The third-order valence-corrected chi connectivity index (χ3v) is 3.21. The summed E-state index contributed by atoms with van der Waals surface area (Å²) in [7, 11) is 0. The molecule has 3 nitrogen and oxygen atoms in total. The smallest absolute Gasteiger partial charge is 0.253 e. The Bertz CT molecular complexity index is 628. The van der Waals surface area contributed by atoms with Crippen LogP contribution in [0.25, 0.3) is 0 Å². The van der Waals surface area contributed by atoms with E-state index in [1.807, 2.05) is 6.92 Å². The molecule has 1 amide bonds. The summed E-state index contributed by atoms with van der Waals surface area (Å²) in [6.45, 7) is 1.81. The SMILES string of the molecule is CC(NC(=O)c1cc(Cl)ccc1N)c1ccc(F)cc1. The van der Waals surface area contributed by atoms with Gasteiger partial charge in [-0.25, -0.2) is 4.39 Å². The molecule has 2 aromatic rings. The largest absolute Gasteiger partial charge is 0.398 e. The van der Waals surface area contributed by atoms with Gasteiger partial charge in [-0.05, 0) is 42.8 Å². The molecule has 3 N–H and O–H groups in total. The molecule has 2 rings (SSSR count). The monoisotopic (exact) mass is 292 g/mol. The zero-order chi connectivity index (χ0) is 14.7. The van der Waals surface area contributed by atoms with Crippen molar-refractivity contribution in [2.24, 2.45) is 0 Å². The third kappa shape index (κ3) is 3.27. The minimum atomic E-state index is -0.318. The van der Waals surface area contributed by atoms with Crippen molar-refractivity contribution in [2.45, 2.75) is 13.0 Å². The standard InChI is InChI=1S/C15H14ClFN2O/c1-9(10-2-5-12(17)6-3-10)19-15(20)13-8-11(16)4-7-14(13)18/h2-9H,18H2,1H3,(H,19,20). The highest BCUT2D eigenvalue weighted by atomic mass is 35.5. The highest BCUT2D eigenvalue weighted by Crippen LogP contribution is 2.19. The van der Waals surface area contributed by atoms with Gasteiger partial charge in [-0.15, -0.1) is 0 Å². The Hall–Kier alpha value is -2.07. The molecule has 104 valence electrons. The van der Waals surface area contributed by atoms with E-state index in [-0.39, 0.29) is 17.8 Å². The lowest BCUT2D eigenvalue weighted by Gasteiger charge is -2.15. The van der Waals surface area contributed by atoms with Crippen LogP contribution in [0.3, 0.4) is 0 Å². The molecule has 1 atom stereocenters. The molecular formula is C15H14ClFN2O. The molecule has 0 aliphatic heterocycles. The number of nitrogens with two attached hydrogens (primary N) is 1. The first-order valence-electron chi connectivity index (χ1n) is 6.08. The summed E-state index contributed by atoms with van der Waals surface area (Å²) in [5.74, 6) is -0.631. The third-order valence-electron chi connectivity index (χ3n) is 2.98. The van der Waals surface area contributed by atoms with Crippen LogP contribution in [0.2, 0.25) is 5.02 Å². The summed E-state index contributed by atoms with van der Waals surface area (Å²) in [4.78, 5) is 12.1.